The molecule has 3 atom stereocenters. The van der Waals surface area contributed by atoms with Crippen LogP contribution in [0.5, 0.6) is 5.75 Å². The van der Waals surface area contributed by atoms with Gasteiger partial charge in [-0.15, -0.1) is 0 Å². The molecule has 0 bridgehead atoms. The lowest BCUT2D eigenvalue weighted by atomic mass is 9.68. The van der Waals surface area contributed by atoms with Gasteiger partial charge in [-0.05, 0) is 67.5 Å². The van der Waals surface area contributed by atoms with Crippen LogP contribution in [0.15, 0.2) is 41.2 Å². The van der Waals surface area contributed by atoms with Crippen LogP contribution in [-0.4, -0.2) is 27.0 Å². The van der Waals surface area contributed by atoms with Gasteiger partial charge in [0.05, 0.1) is 11.6 Å². The summed E-state index contributed by atoms with van der Waals surface area (Å²) in [6, 6.07) is 7.76. The molecule has 1 aliphatic carbocycles. The molecule has 5 nitrogen and oxygen atoms in total. The van der Waals surface area contributed by atoms with Gasteiger partial charge in [0.15, 0.2) is 5.60 Å². The zero-order chi connectivity index (χ0) is 23.4. The van der Waals surface area contributed by atoms with Crippen molar-refractivity contribution < 1.29 is 23.4 Å². The Balaban J connectivity index is 1.97. The van der Waals surface area contributed by atoms with E-state index in [9.17, 15) is 28.2 Å². The molecule has 8 heteroatoms. The van der Waals surface area contributed by atoms with Crippen LogP contribution in [0.4, 0.5) is 18.9 Å². The number of anilines is 1. The Labute approximate surface area is 182 Å². The van der Waals surface area contributed by atoms with Crippen molar-refractivity contribution in [3.8, 4) is 5.75 Å². The number of phenols is 1. The molecule has 0 radical (unpaired) electrons. The van der Waals surface area contributed by atoms with E-state index in [4.69, 9.17) is 0 Å². The highest BCUT2D eigenvalue weighted by Gasteiger charge is 2.62. The number of benzene rings is 2. The second kappa shape index (κ2) is 7.55. The molecule has 170 valence electrons. The minimum Gasteiger partial charge on any atom is -0.507 e. The van der Waals surface area contributed by atoms with Gasteiger partial charge in [0.2, 0.25) is 5.56 Å². The molecule has 1 heterocycles. The van der Waals surface area contributed by atoms with Crippen molar-refractivity contribution in [1.29, 1.82) is 0 Å². The molecule has 1 unspecified atom stereocenters. The van der Waals surface area contributed by atoms with Crippen molar-refractivity contribution >= 4 is 16.6 Å². The maximum absolute atomic E-state index is 14.3. The second-order valence-electron chi connectivity index (χ2n) is 8.57. The van der Waals surface area contributed by atoms with Crippen LogP contribution in [0.2, 0.25) is 0 Å². The van der Waals surface area contributed by atoms with Gasteiger partial charge in [0.25, 0.3) is 0 Å². The van der Waals surface area contributed by atoms with E-state index in [1.54, 1.807) is 45.0 Å². The Morgan fingerprint density at radius 1 is 1.22 bits per heavy atom. The number of rotatable bonds is 3. The molecule has 3 aromatic rings. The molecular formula is C24H25F3N2O3. The predicted molar refractivity (Wildman–Crippen MR) is 117 cm³/mol. The molecule has 4 N–H and O–H groups in total. The van der Waals surface area contributed by atoms with E-state index in [0.29, 0.717) is 39.7 Å². The number of phenolic OH excluding ortho intramolecular Hbond substituents is 1. The summed E-state index contributed by atoms with van der Waals surface area (Å²) in [7, 11) is 0. The van der Waals surface area contributed by atoms with E-state index in [2.05, 4.69) is 10.3 Å². The molecule has 0 spiro atoms. The Kier molecular flexibility index (Phi) is 5.24. The molecule has 0 saturated carbocycles. The lowest BCUT2D eigenvalue weighted by Gasteiger charge is -2.46. The third-order valence-corrected chi connectivity index (χ3v) is 6.69. The molecular weight excluding hydrogens is 421 g/mol. The van der Waals surface area contributed by atoms with Gasteiger partial charge in [-0.1, -0.05) is 19.1 Å². The SMILES string of the molecule is CC[C@@H]1C[C@](O)(C(F)(F)F)C(Nc2cccc3[nH]c(=O)ccc23)c2cc(C)c(C)c(O)c21. The smallest absolute Gasteiger partial charge is 0.419 e. The normalized spacial score (nSPS) is 23.2. The molecule has 0 amide bonds. The number of aromatic hydroxyl groups is 1. The first-order valence-corrected chi connectivity index (χ1v) is 10.5. The number of aryl methyl sites for hydroxylation is 1. The standard InChI is InChI=1S/C24H25F3N2O3/c1-4-14-11-23(32,24(25,26)27)22(16-10-12(2)13(3)21(31)20(14)16)29-18-7-5-6-17-15(18)8-9-19(30)28-17/h5-10,14,22,29,31-32H,4,11H2,1-3H3,(H,28,30)/t14-,22?,23-/m1/s1. The zero-order valence-electron chi connectivity index (χ0n) is 18.0. The summed E-state index contributed by atoms with van der Waals surface area (Å²) in [5.74, 6) is -0.678. The van der Waals surface area contributed by atoms with Crippen LogP contribution in [0.1, 0.15) is 54.0 Å². The van der Waals surface area contributed by atoms with E-state index >= 15 is 0 Å². The van der Waals surface area contributed by atoms with Gasteiger partial charge in [0.1, 0.15) is 5.75 Å². The number of aromatic amines is 1. The van der Waals surface area contributed by atoms with Crippen LogP contribution >= 0.6 is 0 Å². The van der Waals surface area contributed by atoms with Crippen molar-refractivity contribution in [2.24, 2.45) is 0 Å². The van der Waals surface area contributed by atoms with Crippen molar-refractivity contribution in [2.45, 2.75) is 57.3 Å². The lowest BCUT2D eigenvalue weighted by molar-refractivity contribution is -0.272. The summed E-state index contributed by atoms with van der Waals surface area (Å²) in [5, 5.41) is 25.4. The quantitative estimate of drug-likeness (QED) is 0.446. The summed E-state index contributed by atoms with van der Waals surface area (Å²) in [4.78, 5) is 14.3. The monoisotopic (exact) mass is 446 g/mol. The average Bonchev–Trinajstić information content (AvgIpc) is 2.72. The fraction of sp³-hybridized carbons (Fsp3) is 0.375. The van der Waals surface area contributed by atoms with Crippen LogP contribution in [-0.2, 0) is 0 Å². The number of aromatic nitrogens is 1. The maximum Gasteiger partial charge on any atom is 0.419 e. The van der Waals surface area contributed by atoms with Crippen molar-refractivity contribution in [3.05, 3.63) is 69.0 Å². The summed E-state index contributed by atoms with van der Waals surface area (Å²) in [6.45, 7) is 5.19. The van der Waals surface area contributed by atoms with E-state index < -0.39 is 30.2 Å². The summed E-state index contributed by atoms with van der Waals surface area (Å²) in [5.41, 5.74) is -0.669. The van der Waals surface area contributed by atoms with Crippen molar-refractivity contribution in [2.75, 3.05) is 5.32 Å². The molecule has 0 fully saturated rings. The number of nitrogens with one attached hydrogen (secondary N) is 2. The number of aliphatic hydroxyl groups is 1. The van der Waals surface area contributed by atoms with Crippen LogP contribution in [0.25, 0.3) is 10.9 Å². The van der Waals surface area contributed by atoms with Gasteiger partial charge in [-0.25, -0.2) is 0 Å². The van der Waals surface area contributed by atoms with Gasteiger partial charge in [0, 0.05) is 22.7 Å². The van der Waals surface area contributed by atoms with E-state index in [1.807, 2.05) is 0 Å². The Bertz CT molecular complexity index is 1250. The average molecular weight is 446 g/mol. The fourth-order valence-electron chi connectivity index (χ4n) is 4.76. The minimum atomic E-state index is -4.91. The third kappa shape index (κ3) is 3.33. The van der Waals surface area contributed by atoms with Gasteiger partial charge in [-0.3, -0.25) is 4.79 Å². The number of alkyl halides is 3. The second-order valence-corrected chi connectivity index (χ2v) is 8.57. The Hall–Kier alpha value is -3.00. The predicted octanol–water partition coefficient (Wildman–Crippen LogP) is 5.19. The molecule has 0 aliphatic heterocycles. The molecule has 1 aliphatic rings. The molecule has 4 rings (SSSR count). The first-order valence-electron chi connectivity index (χ1n) is 10.5. The van der Waals surface area contributed by atoms with Gasteiger partial charge < -0.3 is 20.5 Å². The first kappa shape index (κ1) is 22.2. The number of fused-ring (bicyclic) bond motifs is 2. The third-order valence-electron chi connectivity index (χ3n) is 6.69. The fourth-order valence-corrected chi connectivity index (χ4v) is 4.76. The number of hydrogen-bond acceptors (Lipinski definition) is 4. The lowest BCUT2D eigenvalue weighted by Crippen LogP contribution is -2.55. The molecule has 1 aromatic heterocycles. The van der Waals surface area contributed by atoms with Crippen LogP contribution in [0.3, 0.4) is 0 Å². The number of pyridine rings is 1. The zero-order valence-corrected chi connectivity index (χ0v) is 18.0. The van der Waals surface area contributed by atoms with Crippen LogP contribution < -0.4 is 10.9 Å². The number of halogens is 3. The number of hydrogen-bond donors (Lipinski definition) is 4. The molecule has 32 heavy (non-hydrogen) atoms. The highest BCUT2D eigenvalue weighted by atomic mass is 19.4. The maximum atomic E-state index is 14.3. The van der Waals surface area contributed by atoms with Crippen LogP contribution in [0, 0.1) is 13.8 Å². The topological polar surface area (TPSA) is 85.4 Å². The summed E-state index contributed by atoms with van der Waals surface area (Å²) < 4.78 is 43.0. The van der Waals surface area contributed by atoms with Crippen molar-refractivity contribution in [1.82, 2.24) is 4.98 Å². The summed E-state index contributed by atoms with van der Waals surface area (Å²) >= 11 is 0. The van der Waals surface area contributed by atoms with Crippen molar-refractivity contribution in [3.63, 3.8) is 0 Å². The highest BCUT2D eigenvalue weighted by Crippen LogP contribution is 2.55. The highest BCUT2D eigenvalue weighted by molar-refractivity contribution is 5.91. The van der Waals surface area contributed by atoms with E-state index in [-0.39, 0.29) is 16.9 Å². The first-order chi connectivity index (χ1) is 15.0. The number of H-pyrrole nitrogens is 1. The van der Waals surface area contributed by atoms with Gasteiger partial charge >= 0.3 is 6.18 Å². The van der Waals surface area contributed by atoms with E-state index in [1.165, 1.54) is 12.1 Å². The van der Waals surface area contributed by atoms with E-state index in [0.717, 1.165) is 0 Å². The van der Waals surface area contributed by atoms with Gasteiger partial charge in [-0.2, -0.15) is 13.2 Å². The molecule has 0 saturated heterocycles. The Morgan fingerprint density at radius 2 is 1.94 bits per heavy atom. The summed E-state index contributed by atoms with van der Waals surface area (Å²) in [6.07, 6.45) is -5.15. The minimum absolute atomic E-state index is 0.0230. The largest absolute Gasteiger partial charge is 0.507 e. The molecule has 2 aromatic carbocycles. The Morgan fingerprint density at radius 3 is 2.59 bits per heavy atom.